The molecule has 3 aromatic rings. The standard InChI is InChI=1S/C26H26N2O5/c1-27(2)12-13-28-23(18-10-11-21(33-3)20(29)15-18)22(25(31)26(28)32)24(30)19-9-8-16-6-4-5-7-17(16)14-19/h4-11,14-15,23,29-30H,12-13H2,1-3H3/b24-22-. The Hall–Kier alpha value is -3.84. The summed E-state index contributed by atoms with van der Waals surface area (Å²) in [6, 6.07) is 17.0. The van der Waals surface area contributed by atoms with Crippen LogP contribution in [0.5, 0.6) is 11.5 Å². The number of hydrogen-bond acceptors (Lipinski definition) is 6. The molecule has 7 nitrogen and oxygen atoms in total. The zero-order valence-corrected chi connectivity index (χ0v) is 18.8. The fourth-order valence-electron chi connectivity index (χ4n) is 4.13. The Balaban J connectivity index is 1.87. The van der Waals surface area contributed by atoms with Crippen LogP contribution in [0.25, 0.3) is 16.5 Å². The number of nitrogens with zero attached hydrogens (tertiary/aromatic N) is 2. The molecular weight excluding hydrogens is 420 g/mol. The fourth-order valence-corrected chi connectivity index (χ4v) is 4.13. The first-order valence-corrected chi connectivity index (χ1v) is 10.6. The molecule has 2 N–H and O–H groups in total. The van der Waals surface area contributed by atoms with Gasteiger partial charge in [0.2, 0.25) is 0 Å². The molecule has 0 radical (unpaired) electrons. The number of aromatic hydroxyl groups is 1. The number of rotatable bonds is 6. The quantitative estimate of drug-likeness (QED) is 0.342. The van der Waals surface area contributed by atoms with Gasteiger partial charge in [-0.15, -0.1) is 0 Å². The highest BCUT2D eigenvalue weighted by Crippen LogP contribution is 2.41. The van der Waals surface area contributed by atoms with Crippen molar-refractivity contribution >= 4 is 28.2 Å². The van der Waals surface area contributed by atoms with E-state index in [0.717, 1.165) is 10.8 Å². The highest BCUT2D eigenvalue weighted by atomic mass is 16.5. The SMILES string of the molecule is COc1ccc(C2/C(=C(/O)c3ccc4ccccc4c3)C(=O)C(=O)N2CCN(C)C)cc1O. The normalized spacial score (nSPS) is 17.8. The van der Waals surface area contributed by atoms with Crippen molar-refractivity contribution in [3.63, 3.8) is 0 Å². The molecule has 0 bridgehead atoms. The maximum Gasteiger partial charge on any atom is 0.295 e. The van der Waals surface area contributed by atoms with Crippen LogP contribution in [0.4, 0.5) is 0 Å². The van der Waals surface area contributed by atoms with Gasteiger partial charge in [0.15, 0.2) is 11.5 Å². The number of Topliss-reactive ketones (excluding diaryl/α,β-unsaturated/α-hetero) is 1. The van der Waals surface area contributed by atoms with Gasteiger partial charge in [0.1, 0.15) is 5.76 Å². The van der Waals surface area contributed by atoms with E-state index in [0.29, 0.717) is 17.7 Å². The molecule has 0 aliphatic carbocycles. The van der Waals surface area contributed by atoms with Crippen LogP contribution in [-0.2, 0) is 9.59 Å². The van der Waals surface area contributed by atoms with E-state index in [1.165, 1.54) is 18.1 Å². The Morgan fingerprint density at radius 3 is 2.42 bits per heavy atom. The zero-order chi connectivity index (χ0) is 23.7. The first kappa shape index (κ1) is 22.4. The first-order valence-electron chi connectivity index (χ1n) is 10.6. The van der Waals surface area contributed by atoms with Crippen LogP contribution in [-0.4, -0.2) is 66.0 Å². The number of hydrogen-bond donors (Lipinski definition) is 2. The number of phenols is 1. The van der Waals surface area contributed by atoms with Crippen LogP contribution in [0.2, 0.25) is 0 Å². The van der Waals surface area contributed by atoms with Crippen molar-refractivity contribution in [1.29, 1.82) is 0 Å². The second kappa shape index (κ2) is 8.96. The lowest BCUT2D eigenvalue weighted by Gasteiger charge is -2.27. The maximum absolute atomic E-state index is 13.1. The number of likely N-dealkylation sites (tertiary alicyclic amines) is 1. The number of aliphatic hydroxyl groups is 1. The van der Waals surface area contributed by atoms with E-state index in [9.17, 15) is 19.8 Å². The molecule has 1 aliphatic rings. The van der Waals surface area contributed by atoms with Crippen LogP contribution < -0.4 is 4.74 Å². The number of ketones is 1. The van der Waals surface area contributed by atoms with Crippen molar-refractivity contribution < 1.29 is 24.5 Å². The summed E-state index contributed by atoms with van der Waals surface area (Å²) in [6.07, 6.45) is 0. The minimum Gasteiger partial charge on any atom is -0.507 e. The first-order chi connectivity index (χ1) is 15.8. The number of carbonyl (C=O) groups excluding carboxylic acids is 2. The van der Waals surface area contributed by atoms with Gasteiger partial charge in [-0.1, -0.05) is 42.5 Å². The second-order valence-corrected chi connectivity index (χ2v) is 8.29. The molecule has 4 rings (SSSR count). The molecule has 0 saturated carbocycles. The van der Waals surface area contributed by atoms with E-state index in [-0.39, 0.29) is 29.4 Å². The zero-order valence-electron chi connectivity index (χ0n) is 18.8. The summed E-state index contributed by atoms with van der Waals surface area (Å²) in [6.45, 7) is 0.811. The minimum absolute atomic E-state index is 0.00129. The molecule has 1 aliphatic heterocycles. The molecule has 3 aromatic carbocycles. The summed E-state index contributed by atoms with van der Waals surface area (Å²) in [5, 5.41) is 23.5. The van der Waals surface area contributed by atoms with Gasteiger partial charge >= 0.3 is 0 Å². The van der Waals surface area contributed by atoms with Crippen molar-refractivity contribution in [3.05, 3.63) is 77.4 Å². The molecule has 1 amide bonds. The largest absolute Gasteiger partial charge is 0.507 e. The van der Waals surface area contributed by atoms with Crippen LogP contribution in [0.15, 0.2) is 66.2 Å². The Morgan fingerprint density at radius 2 is 1.76 bits per heavy atom. The van der Waals surface area contributed by atoms with Gasteiger partial charge in [0.25, 0.3) is 11.7 Å². The Labute approximate surface area is 192 Å². The number of phenolic OH excluding ortho intramolecular Hbond substituents is 1. The molecule has 1 fully saturated rings. The Morgan fingerprint density at radius 1 is 1.03 bits per heavy atom. The highest BCUT2D eigenvalue weighted by molar-refractivity contribution is 6.46. The summed E-state index contributed by atoms with van der Waals surface area (Å²) < 4.78 is 5.13. The minimum atomic E-state index is -0.840. The van der Waals surface area contributed by atoms with E-state index in [2.05, 4.69) is 0 Å². The number of aliphatic hydroxyl groups excluding tert-OH is 1. The summed E-state index contributed by atoms with van der Waals surface area (Å²) in [5.41, 5.74) is 0.953. The smallest absolute Gasteiger partial charge is 0.295 e. The van der Waals surface area contributed by atoms with Crippen LogP contribution >= 0.6 is 0 Å². The van der Waals surface area contributed by atoms with Gasteiger partial charge in [-0.25, -0.2) is 0 Å². The number of fused-ring (bicyclic) bond motifs is 1. The second-order valence-electron chi connectivity index (χ2n) is 8.29. The molecule has 1 heterocycles. The average Bonchev–Trinajstić information content (AvgIpc) is 3.06. The number of amides is 1. The molecule has 0 spiro atoms. The monoisotopic (exact) mass is 446 g/mol. The van der Waals surface area contributed by atoms with Crippen molar-refractivity contribution in [2.24, 2.45) is 0 Å². The molecule has 170 valence electrons. The average molecular weight is 447 g/mol. The van der Waals surface area contributed by atoms with Gasteiger partial charge < -0.3 is 24.7 Å². The van der Waals surface area contributed by atoms with E-state index in [1.54, 1.807) is 24.3 Å². The predicted molar refractivity (Wildman–Crippen MR) is 126 cm³/mol. The lowest BCUT2D eigenvalue weighted by Crippen LogP contribution is -2.35. The number of carbonyl (C=O) groups is 2. The van der Waals surface area contributed by atoms with Crippen LogP contribution in [0, 0.1) is 0 Å². The van der Waals surface area contributed by atoms with E-state index in [1.807, 2.05) is 49.3 Å². The number of methoxy groups -OCH3 is 1. The highest BCUT2D eigenvalue weighted by Gasteiger charge is 2.46. The van der Waals surface area contributed by atoms with Gasteiger partial charge in [-0.05, 0) is 48.6 Å². The molecular formula is C26H26N2O5. The topological polar surface area (TPSA) is 90.3 Å². The third kappa shape index (κ3) is 4.15. The third-order valence-corrected chi connectivity index (χ3v) is 5.87. The summed E-state index contributed by atoms with van der Waals surface area (Å²) in [5.74, 6) is -1.51. The molecule has 1 saturated heterocycles. The van der Waals surface area contributed by atoms with Crippen molar-refractivity contribution in [3.8, 4) is 11.5 Å². The fraction of sp³-hybridized carbons (Fsp3) is 0.231. The van der Waals surface area contributed by atoms with Crippen LogP contribution in [0.1, 0.15) is 17.2 Å². The predicted octanol–water partition coefficient (Wildman–Crippen LogP) is 3.54. The van der Waals surface area contributed by atoms with Crippen molar-refractivity contribution in [1.82, 2.24) is 9.80 Å². The van der Waals surface area contributed by atoms with Gasteiger partial charge in [-0.3, -0.25) is 9.59 Å². The molecule has 0 aromatic heterocycles. The van der Waals surface area contributed by atoms with Gasteiger partial charge in [0.05, 0.1) is 18.7 Å². The van der Waals surface area contributed by atoms with E-state index < -0.39 is 17.7 Å². The van der Waals surface area contributed by atoms with Gasteiger partial charge in [0, 0.05) is 18.7 Å². The summed E-state index contributed by atoms with van der Waals surface area (Å²) in [7, 11) is 5.19. The summed E-state index contributed by atoms with van der Waals surface area (Å²) >= 11 is 0. The number of likely N-dealkylation sites (N-methyl/N-ethyl adjacent to an activating group) is 1. The Bertz CT molecular complexity index is 1260. The molecule has 1 atom stereocenters. The molecule has 1 unspecified atom stereocenters. The van der Waals surface area contributed by atoms with E-state index in [4.69, 9.17) is 4.74 Å². The van der Waals surface area contributed by atoms with Crippen LogP contribution in [0.3, 0.4) is 0 Å². The number of benzene rings is 3. The summed E-state index contributed by atoms with van der Waals surface area (Å²) in [4.78, 5) is 29.5. The van der Waals surface area contributed by atoms with Crippen molar-refractivity contribution in [2.75, 3.05) is 34.3 Å². The van der Waals surface area contributed by atoms with Gasteiger partial charge in [-0.2, -0.15) is 0 Å². The lowest BCUT2D eigenvalue weighted by atomic mass is 9.94. The Kier molecular flexibility index (Phi) is 6.07. The number of ether oxygens (including phenoxy) is 1. The third-order valence-electron chi connectivity index (χ3n) is 5.87. The molecule has 7 heteroatoms. The van der Waals surface area contributed by atoms with E-state index >= 15 is 0 Å². The lowest BCUT2D eigenvalue weighted by molar-refractivity contribution is -0.140. The molecule has 33 heavy (non-hydrogen) atoms. The maximum atomic E-state index is 13.1. The van der Waals surface area contributed by atoms with Crippen molar-refractivity contribution in [2.45, 2.75) is 6.04 Å².